The first-order valence-electron chi connectivity index (χ1n) is 7.93. The Labute approximate surface area is 156 Å². The number of nitrogens with one attached hydrogen (secondary N) is 1. The van der Waals surface area contributed by atoms with Gasteiger partial charge >= 0.3 is 17.9 Å². The van der Waals surface area contributed by atoms with Gasteiger partial charge in [0, 0.05) is 11.3 Å². The van der Waals surface area contributed by atoms with Crippen molar-refractivity contribution < 1.29 is 28.6 Å². The molecule has 0 fully saturated rings. The molecule has 0 saturated carbocycles. The standard InChI is InChI=1S/C20H19NO6/c1-25-17(22)12-16(20(24)27-3)21-15-11-7-10-14(19(23)26-2)18(15)13-8-5-4-6-9-13/h4-12,21H,1-3H3/b16-12+. The number of methoxy groups -OCH3 is 3. The molecule has 0 spiro atoms. The lowest BCUT2D eigenvalue weighted by Crippen LogP contribution is -2.16. The molecule has 7 nitrogen and oxygen atoms in total. The Morgan fingerprint density at radius 2 is 1.56 bits per heavy atom. The maximum atomic E-state index is 12.2. The molecule has 0 aliphatic rings. The van der Waals surface area contributed by atoms with E-state index in [1.54, 1.807) is 18.2 Å². The van der Waals surface area contributed by atoms with E-state index in [2.05, 4.69) is 10.1 Å². The van der Waals surface area contributed by atoms with Crippen molar-refractivity contribution in [2.45, 2.75) is 0 Å². The number of carbonyl (C=O) groups excluding carboxylic acids is 3. The minimum Gasteiger partial charge on any atom is -0.466 e. The highest BCUT2D eigenvalue weighted by atomic mass is 16.5. The zero-order valence-corrected chi connectivity index (χ0v) is 15.1. The van der Waals surface area contributed by atoms with E-state index < -0.39 is 17.9 Å². The van der Waals surface area contributed by atoms with E-state index in [0.717, 1.165) is 11.6 Å². The van der Waals surface area contributed by atoms with Crippen LogP contribution in [-0.2, 0) is 23.8 Å². The number of hydrogen-bond donors (Lipinski definition) is 1. The molecule has 0 saturated heterocycles. The van der Waals surface area contributed by atoms with Gasteiger partial charge in [0.25, 0.3) is 0 Å². The molecule has 0 atom stereocenters. The zero-order chi connectivity index (χ0) is 19.8. The molecule has 0 aromatic heterocycles. The van der Waals surface area contributed by atoms with Crippen LogP contribution in [0.15, 0.2) is 60.3 Å². The van der Waals surface area contributed by atoms with E-state index >= 15 is 0 Å². The maximum Gasteiger partial charge on any atom is 0.354 e. The molecule has 0 aliphatic carbocycles. The lowest BCUT2D eigenvalue weighted by molar-refractivity contribution is -0.138. The molecule has 0 bridgehead atoms. The molecule has 140 valence electrons. The summed E-state index contributed by atoms with van der Waals surface area (Å²) in [5.41, 5.74) is 1.83. The lowest BCUT2D eigenvalue weighted by atomic mass is 9.97. The van der Waals surface area contributed by atoms with Crippen molar-refractivity contribution in [3.8, 4) is 11.1 Å². The third-order valence-corrected chi connectivity index (χ3v) is 3.67. The summed E-state index contributed by atoms with van der Waals surface area (Å²) in [7, 11) is 3.67. The highest BCUT2D eigenvalue weighted by molar-refractivity contribution is 6.04. The largest absolute Gasteiger partial charge is 0.466 e. The van der Waals surface area contributed by atoms with Crippen molar-refractivity contribution in [2.75, 3.05) is 26.6 Å². The van der Waals surface area contributed by atoms with Crippen molar-refractivity contribution in [1.29, 1.82) is 0 Å². The van der Waals surface area contributed by atoms with E-state index in [0.29, 0.717) is 16.8 Å². The lowest BCUT2D eigenvalue weighted by Gasteiger charge is -2.16. The minimum absolute atomic E-state index is 0.136. The summed E-state index contributed by atoms with van der Waals surface area (Å²) in [4.78, 5) is 35.9. The summed E-state index contributed by atoms with van der Waals surface area (Å²) < 4.78 is 14.1. The van der Waals surface area contributed by atoms with Crippen LogP contribution in [0.1, 0.15) is 10.4 Å². The van der Waals surface area contributed by atoms with Gasteiger partial charge in [0.15, 0.2) is 0 Å². The second-order valence-corrected chi connectivity index (χ2v) is 5.28. The third-order valence-electron chi connectivity index (χ3n) is 3.67. The van der Waals surface area contributed by atoms with Crippen LogP contribution in [0, 0.1) is 0 Å². The van der Waals surface area contributed by atoms with Gasteiger partial charge in [0.05, 0.1) is 33.0 Å². The summed E-state index contributed by atoms with van der Waals surface area (Å²) in [6.07, 6.45) is 0.978. The monoisotopic (exact) mass is 369 g/mol. The van der Waals surface area contributed by atoms with Gasteiger partial charge in [-0.15, -0.1) is 0 Å². The average molecular weight is 369 g/mol. The van der Waals surface area contributed by atoms with Gasteiger partial charge in [-0.25, -0.2) is 14.4 Å². The predicted octanol–water partition coefficient (Wildman–Crippen LogP) is 2.78. The first kappa shape index (κ1) is 19.7. The number of ether oxygens (including phenoxy) is 3. The van der Waals surface area contributed by atoms with E-state index in [4.69, 9.17) is 9.47 Å². The second-order valence-electron chi connectivity index (χ2n) is 5.28. The van der Waals surface area contributed by atoms with Crippen molar-refractivity contribution >= 4 is 23.6 Å². The van der Waals surface area contributed by atoms with E-state index in [9.17, 15) is 14.4 Å². The number of benzene rings is 2. The normalized spacial score (nSPS) is 10.7. The molecule has 2 rings (SSSR count). The van der Waals surface area contributed by atoms with E-state index in [1.807, 2.05) is 30.3 Å². The SMILES string of the molecule is COC(=O)/C=C(/Nc1cccc(C(=O)OC)c1-c1ccccc1)C(=O)OC. The molecule has 0 unspecified atom stereocenters. The zero-order valence-electron chi connectivity index (χ0n) is 15.1. The van der Waals surface area contributed by atoms with Gasteiger partial charge in [0.1, 0.15) is 5.70 Å². The summed E-state index contributed by atoms with van der Waals surface area (Å²) >= 11 is 0. The minimum atomic E-state index is -0.761. The molecule has 0 aliphatic heterocycles. The van der Waals surface area contributed by atoms with Crippen molar-refractivity contribution in [3.05, 3.63) is 65.9 Å². The smallest absolute Gasteiger partial charge is 0.354 e. The van der Waals surface area contributed by atoms with Crippen LogP contribution in [0.3, 0.4) is 0 Å². The number of hydrogen-bond acceptors (Lipinski definition) is 7. The molecule has 7 heteroatoms. The fourth-order valence-electron chi connectivity index (χ4n) is 2.43. The van der Waals surface area contributed by atoms with Crippen LogP contribution in [0.2, 0.25) is 0 Å². The summed E-state index contributed by atoms with van der Waals surface area (Å²) in [5.74, 6) is -2.02. The third kappa shape index (κ3) is 4.72. The number of rotatable bonds is 6. The van der Waals surface area contributed by atoms with Gasteiger partial charge in [-0.1, -0.05) is 36.4 Å². The predicted molar refractivity (Wildman–Crippen MR) is 99.0 cm³/mol. The molecule has 0 heterocycles. The fourth-order valence-corrected chi connectivity index (χ4v) is 2.43. The fraction of sp³-hybridized carbons (Fsp3) is 0.150. The van der Waals surface area contributed by atoms with Crippen LogP contribution < -0.4 is 5.32 Å². The molecule has 0 radical (unpaired) electrons. The Morgan fingerprint density at radius 1 is 0.852 bits per heavy atom. The Balaban J connectivity index is 2.62. The molecule has 27 heavy (non-hydrogen) atoms. The van der Waals surface area contributed by atoms with E-state index in [1.165, 1.54) is 21.3 Å². The topological polar surface area (TPSA) is 90.9 Å². The van der Waals surface area contributed by atoms with Gasteiger partial charge < -0.3 is 19.5 Å². The van der Waals surface area contributed by atoms with Crippen molar-refractivity contribution in [3.63, 3.8) is 0 Å². The molecular formula is C20H19NO6. The molecule has 1 N–H and O–H groups in total. The first-order valence-corrected chi connectivity index (χ1v) is 7.93. The first-order chi connectivity index (χ1) is 13.0. The van der Waals surface area contributed by atoms with Crippen LogP contribution in [0.5, 0.6) is 0 Å². The Morgan fingerprint density at radius 3 is 2.15 bits per heavy atom. The van der Waals surface area contributed by atoms with Crippen LogP contribution in [0.25, 0.3) is 11.1 Å². The van der Waals surface area contributed by atoms with Gasteiger partial charge in [-0.05, 0) is 17.7 Å². The average Bonchev–Trinajstić information content (AvgIpc) is 2.72. The van der Waals surface area contributed by atoms with Crippen LogP contribution >= 0.6 is 0 Å². The van der Waals surface area contributed by atoms with Crippen molar-refractivity contribution in [1.82, 2.24) is 0 Å². The van der Waals surface area contributed by atoms with Gasteiger partial charge in [-0.3, -0.25) is 0 Å². The summed E-state index contributed by atoms with van der Waals surface area (Å²) in [6, 6.07) is 14.0. The Bertz CT molecular complexity index is 873. The van der Waals surface area contributed by atoms with Gasteiger partial charge in [-0.2, -0.15) is 0 Å². The van der Waals surface area contributed by atoms with Crippen LogP contribution in [-0.4, -0.2) is 39.2 Å². The van der Waals surface area contributed by atoms with Gasteiger partial charge in [0.2, 0.25) is 0 Å². The highest BCUT2D eigenvalue weighted by Crippen LogP contribution is 2.33. The number of anilines is 1. The van der Waals surface area contributed by atoms with E-state index in [-0.39, 0.29) is 5.70 Å². The molecular weight excluding hydrogens is 350 g/mol. The molecule has 0 amide bonds. The maximum absolute atomic E-state index is 12.2. The second kappa shape index (κ2) is 9.19. The molecule has 2 aromatic rings. The highest BCUT2D eigenvalue weighted by Gasteiger charge is 2.20. The Kier molecular flexibility index (Phi) is 6.71. The number of carbonyl (C=O) groups is 3. The summed E-state index contributed by atoms with van der Waals surface area (Å²) in [5, 5.41) is 2.86. The quantitative estimate of drug-likeness (QED) is 0.476. The number of esters is 3. The van der Waals surface area contributed by atoms with Crippen LogP contribution in [0.4, 0.5) is 5.69 Å². The Hall–Kier alpha value is -3.61. The summed E-state index contributed by atoms with van der Waals surface area (Å²) in [6.45, 7) is 0. The molecule has 2 aromatic carbocycles. The van der Waals surface area contributed by atoms with Crippen molar-refractivity contribution in [2.24, 2.45) is 0 Å².